The van der Waals surface area contributed by atoms with E-state index in [1.807, 2.05) is 6.07 Å². The Morgan fingerprint density at radius 3 is 2.66 bits per heavy atom. The van der Waals surface area contributed by atoms with Crippen molar-refractivity contribution in [1.82, 2.24) is 14.6 Å². The monoisotopic (exact) mass is 436 g/mol. The fraction of sp³-hybridized carbons (Fsp3) is 0.391. The van der Waals surface area contributed by atoms with Crippen LogP contribution in [0, 0.1) is 17.1 Å². The number of fused-ring (bicyclic) bond motifs is 1. The maximum absolute atomic E-state index is 14.3. The van der Waals surface area contributed by atoms with Gasteiger partial charge in [-0.1, -0.05) is 6.42 Å². The topological polar surface area (TPSA) is 95.6 Å². The lowest BCUT2D eigenvalue weighted by Gasteiger charge is -2.28. The molecule has 1 aliphatic carbocycles. The van der Waals surface area contributed by atoms with Crippen molar-refractivity contribution in [2.24, 2.45) is 0 Å². The lowest BCUT2D eigenvalue weighted by atomic mass is 9.81. The normalized spacial score (nSPS) is 14.0. The Labute approximate surface area is 185 Å². The Morgan fingerprint density at radius 1 is 1.31 bits per heavy atom. The van der Waals surface area contributed by atoms with E-state index in [2.05, 4.69) is 15.4 Å². The Morgan fingerprint density at radius 2 is 2.06 bits per heavy atom. The van der Waals surface area contributed by atoms with Crippen LogP contribution in [0.4, 0.5) is 26.5 Å². The van der Waals surface area contributed by atoms with Gasteiger partial charge in [-0.15, -0.1) is 0 Å². The molecule has 8 nitrogen and oxygen atoms in total. The van der Waals surface area contributed by atoms with Crippen molar-refractivity contribution in [3.05, 3.63) is 47.4 Å². The largest absolute Gasteiger partial charge is 0.443 e. The minimum absolute atomic E-state index is 0.0864. The number of benzene rings is 1. The molecule has 166 valence electrons. The Hall–Kier alpha value is -3.67. The molecule has 9 heteroatoms. The molecule has 1 N–H and O–H groups in total. The molecule has 1 fully saturated rings. The molecule has 0 atom stereocenters. The highest BCUT2D eigenvalue weighted by molar-refractivity contribution is 5.96. The third kappa shape index (κ3) is 4.08. The number of ether oxygens (including phenoxy) is 1. The number of rotatable bonds is 4. The van der Waals surface area contributed by atoms with Crippen LogP contribution in [-0.2, 0) is 4.74 Å². The molecular weight excluding hydrogens is 411 g/mol. The molecule has 4 rings (SSSR count). The van der Waals surface area contributed by atoms with Crippen LogP contribution in [0.25, 0.3) is 5.65 Å². The number of amides is 1. The average molecular weight is 436 g/mol. The average Bonchev–Trinajstić information content (AvgIpc) is 3.08. The second kappa shape index (κ2) is 8.11. The fourth-order valence-corrected chi connectivity index (χ4v) is 3.67. The van der Waals surface area contributed by atoms with Crippen molar-refractivity contribution in [2.75, 3.05) is 17.3 Å². The highest BCUT2D eigenvalue weighted by Crippen LogP contribution is 2.39. The molecule has 1 aromatic carbocycles. The van der Waals surface area contributed by atoms with Crippen molar-refractivity contribution in [1.29, 1.82) is 5.26 Å². The number of hydrogen-bond donors (Lipinski definition) is 1. The maximum atomic E-state index is 14.3. The van der Waals surface area contributed by atoms with Gasteiger partial charge in [0.2, 0.25) is 0 Å². The molecule has 3 aromatic rings. The summed E-state index contributed by atoms with van der Waals surface area (Å²) < 4.78 is 21.5. The first-order chi connectivity index (χ1) is 15.2. The predicted molar refractivity (Wildman–Crippen MR) is 119 cm³/mol. The number of hydrogen-bond acceptors (Lipinski definition) is 6. The summed E-state index contributed by atoms with van der Waals surface area (Å²) in [7, 11) is 1.73. The molecule has 0 spiro atoms. The first kappa shape index (κ1) is 21.6. The van der Waals surface area contributed by atoms with Gasteiger partial charge in [0.05, 0.1) is 23.5 Å². The number of carbonyl (C=O) groups is 1. The minimum Gasteiger partial charge on any atom is -0.443 e. The van der Waals surface area contributed by atoms with Crippen LogP contribution in [-0.4, -0.2) is 33.3 Å². The quantitative estimate of drug-likeness (QED) is 0.610. The van der Waals surface area contributed by atoms with Gasteiger partial charge in [-0.3, -0.25) is 0 Å². The summed E-state index contributed by atoms with van der Waals surface area (Å²) in [6.45, 7) is 5.25. The van der Waals surface area contributed by atoms with Crippen LogP contribution in [0.5, 0.6) is 0 Å². The van der Waals surface area contributed by atoms with Gasteiger partial charge in [-0.2, -0.15) is 14.9 Å². The second-order valence-electron chi connectivity index (χ2n) is 8.84. The number of halogens is 1. The van der Waals surface area contributed by atoms with Crippen molar-refractivity contribution >= 4 is 29.1 Å². The lowest BCUT2D eigenvalue weighted by molar-refractivity contribution is 0.0597. The second-order valence-corrected chi connectivity index (χ2v) is 8.84. The summed E-state index contributed by atoms with van der Waals surface area (Å²) in [6, 6.07) is 7.31. The fourth-order valence-electron chi connectivity index (χ4n) is 3.67. The summed E-state index contributed by atoms with van der Waals surface area (Å²) in [6.07, 6.45) is 4.34. The zero-order valence-electron chi connectivity index (χ0n) is 18.5. The van der Waals surface area contributed by atoms with E-state index in [1.54, 1.807) is 44.6 Å². The molecule has 32 heavy (non-hydrogen) atoms. The number of nitrogens with zero attached hydrogens (tertiary/aromatic N) is 5. The van der Waals surface area contributed by atoms with Crippen LogP contribution in [0.2, 0.25) is 0 Å². The van der Waals surface area contributed by atoms with Crippen LogP contribution in [0.15, 0.2) is 30.5 Å². The maximum Gasteiger partial charge on any atom is 0.420 e. The molecule has 0 unspecified atom stereocenters. The third-order valence-electron chi connectivity index (χ3n) is 5.36. The van der Waals surface area contributed by atoms with E-state index in [0.717, 1.165) is 30.9 Å². The zero-order chi connectivity index (χ0) is 23.0. The Bertz CT molecular complexity index is 1220. The van der Waals surface area contributed by atoms with Crippen LogP contribution >= 0.6 is 0 Å². The number of nitriles is 1. The van der Waals surface area contributed by atoms with Gasteiger partial charge < -0.3 is 10.1 Å². The van der Waals surface area contributed by atoms with Crippen molar-refractivity contribution in [3.8, 4) is 6.07 Å². The number of anilines is 3. The molecule has 0 aliphatic heterocycles. The van der Waals surface area contributed by atoms with Crippen LogP contribution < -0.4 is 10.2 Å². The summed E-state index contributed by atoms with van der Waals surface area (Å²) in [5.74, 6) is 0.587. The first-order valence-corrected chi connectivity index (χ1v) is 10.5. The molecule has 1 saturated carbocycles. The molecule has 2 heterocycles. The molecule has 1 aliphatic rings. The molecule has 0 saturated heterocycles. The Balaban J connectivity index is 1.95. The van der Waals surface area contributed by atoms with E-state index in [1.165, 1.54) is 17.0 Å². The molecule has 0 radical (unpaired) electrons. The van der Waals surface area contributed by atoms with Crippen molar-refractivity contribution in [2.45, 2.75) is 51.6 Å². The smallest absolute Gasteiger partial charge is 0.420 e. The van der Waals surface area contributed by atoms with Gasteiger partial charge in [0.15, 0.2) is 5.65 Å². The van der Waals surface area contributed by atoms with E-state index in [4.69, 9.17) is 4.74 Å². The molecule has 2 aromatic heterocycles. The summed E-state index contributed by atoms with van der Waals surface area (Å²) in [4.78, 5) is 19.2. The van der Waals surface area contributed by atoms with E-state index in [9.17, 15) is 14.4 Å². The van der Waals surface area contributed by atoms with Gasteiger partial charge in [0.25, 0.3) is 0 Å². The van der Waals surface area contributed by atoms with E-state index in [0.29, 0.717) is 23.2 Å². The van der Waals surface area contributed by atoms with E-state index < -0.39 is 17.5 Å². The summed E-state index contributed by atoms with van der Waals surface area (Å²) >= 11 is 0. The van der Waals surface area contributed by atoms with Crippen LogP contribution in [0.3, 0.4) is 0 Å². The number of carbonyl (C=O) groups excluding carboxylic acids is 1. The summed E-state index contributed by atoms with van der Waals surface area (Å²) in [5, 5.41) is 16.9. The zero-order valence-corrected chi connectivity index (χ0v) is 18.5. The molecule has 1 amide bonds. The molecule has 0 bridgehead atoms. The van der Waals surface area contributed by atoms with Gasteiger partial charge in [-0.25, -0.2) is 19.1 Å². The van der Waals surface area contributed by atoms with Gasteiger partial charge in [0.1, 0.15) is 23.1 Å². The number of nitrogens with one attached hydrogen (secondary N) is 1. The van der Waals surface area contributed by atoms with Gasteiger partial charge >= 0.3 is 6.09 Å². The van der Waals surface area contributed by atoms with Crippen molar-refractivity contribution < 1.29 is 13.9 Å². The van der Waals surface area contributed by atoms with Crippen molar-refractivity contribution in [3.63, 3.8) is 0 Å². The van der Waals surface area contributed by atoms with E-state index in [-0.39, 0.29) is 11.3 Å². The third-order valence-corrected chi connectivity index (χ3v) is 5.36. The summed E-state index contributed by atoms with van der Waals surface area (Å²) in [5.41, 5.74) is 1.09. The predicted octanol–water partition coefficient (Wildman–Crippen LogP) is 5.12. The highest BCUT2D eigenvalue weighted by Gasteiger charge is 2.30. The van der Waals surface area contributed by atoms with Gasteiger partial charge in [-0.05, 0) is 57.7 Å². The number of aromatic nitrogens is 3. The first-order valence-electron chi connectivity index (χ1n) is 10.5. The van der Waals surface area contributed by atoms with Gasteiger partial charge in [0, 0.05) is 18.7 Å². The molecular formula is C23H25FN6O2. The standard InChI is InChI=1S/C23H25FN6O2/c1-23(2,3)32-22(31)29(17-9-14(12-25)8-16(24)10-17)20-11-19(26-4)28-21-18(13-27-30(20)21)15-6-5-7-15/h8-11,13,15H,5-7H2,1-4H3,(H,26,28). The Kier molecular flexibility index (Phi) is 5.46. The SMILES string of the molecule is CNc1cc(N(C(=O)OC(C)(C)C)c2cc(F)cc(C#N)c2)n2ncc(C3CCC3)c2n1. The minimum atomic E-state index is -0.792. The lowest BCUT2D eigenvalue weighted by Crippen LogP contribution is -2.35. The highest BCUT2D eigenvalue weighted by atomic mass is 19.1. The van der Waals surface area contributed by atoms with Crippen LogP contribution in [0.1, 0.15) is 57.1 Å². The van der Waals surface area contributed by atoms with E-state index >= 15 is 0 Å².